The Labute approximate surface area is 126 Å². The molecule has 0 saturated carbocycles. The minimum absolute atomic E-state index is 0.00702. The van der Waals surface area contributed by atoms with Crippen LogP contribution in [0, 0.1) is 18.2 Å². The van der Waals surface area contributed by atoms with Crippen LogP contribution in [0.3, 0.4) is 0 Å². The molecule has 0 atom stereocenters. The molecule has 0 unspecified atom stereocenters. The molecule has 3 rings (SSSR count). The molecule has 2 aromatic carbocycles. The first-order chi connectivity index (χ1) is 10.6. The summed E-state index contributed by atoms with van der Waals surface area (Å²) in [6.45, 7) is 0. The van der Waals surface area contributed by atoms with Crippen LogP contribution in [0.4, 0.5) is 10.2 Å². The van der Waals surface area contributed by atoms with E-state index in [1.54, 1.807) is 25.2 Å². The van der Waals surface area contributed by atoms with Crippen LogP contribution in [-0.2, 0) is 0 Å². The summed E-state index contributed by atoms with van der Waals surface area (Å²) in [7, 11) is 1.69. The standard InChI is InChI=1S/C17H12FN3O/c1-3-10-4-6-13(15(22)8-10)16-12-7-5-11(18)9-14(12)17(19-2)21-20-16/h1,4-9,22H,2H3,(H,19,21). The number of anilines is 1. The van der Waals surface area contributed by atoms with Crippen LogP contribution in [0.15, 0.2) is 36.4 Å². The molecule has 0 radical (unpaired) electrons. The lowest BCUT2D eigenvalue weighted by molar-refractivity contribution is 0.477. The number of halogens is 1. The lowest BCUT2D eigenvalue weighted by Gasteiger charge is -2.10. The van der Waals surface area contributed by atoms with E-state index in [9.17, 15) is 9.50 Å². The van der Waals surface area contributed by atoms with Crippen LogP contribution in [-0.4, -0.2) is 22.4 Å². The molecular formula is C17H12FN3O. The summed E-state index contributed by atoms with van der Waals surface area (Å²) in [5, 5.41) is 22.5. The van der Waals surface area contributed by atoms with Crippen LogP contribution >= 0.6 is 0 Å². The molecule has 0 bridgehead atoms. The van der Waals surface area contributed by atoms with Gasteiger partial charge < -0.3 is 10.4 Å². The van der Waals surface area contributed by atoms with Crippen molar-refractivity contribution in [3.63, 3.8) is 0 Å². The molecule has 5 heteroatoms. The van der Waals surface area contributed by atoms with E-state index in [4.69, 9.17) is 6.42 Å². The van der Waals surface area contributed by atoms with Crippen LogP contribution in [0.25, 0.3) is 22.0 Å². The molecule has 0 aliphatic rings. The second kappa shape index (κ2) is 5.34. The lowest BCUT2D eigenvalue weighted by atomic mass is 10.0. The fraction of sp³-hybridized carbons (Fsp3) is 0.0588. The minimum atomic E-state index is -0.366. The van der Waals surface area contributed by atoms with Gasteiger partial charge in [-0.3, -0.25) is 0 Å². The summed E-state index contributed by atoms with van der Waals surface area (Å²) < 4.78 is 13.5. The molecule has 0 fully saturated rings. The molecule has 1 heterocycles. The number of phenols is 1. The van der Waals surface area contributed by atoms with Crippen molar-refractivity contribution in [2.45, 2.75) is 0 Å². The van der Waals surface area contributed by atoms with E-state index < -0.39 is 0 Å². The van der Waals surface area contributed by atoms with Gasteiger partial charge in [-0.05, 0) is 36.4 Å². The van der Waals surface area contributed by atoms with Crippen molar-refractivity contribution in [2.75, 3.05) is 12.4 Å². The second-order valence-electron chi connectivity index (χ2n) is 4.71. The Kier molecular flexibility index (Phi) is 3.36. The highest BCUT2D eigenvalue weighted by molar-refractivity contribution is 6.00. The summed E-state index contributed by atoms with van der Waals surface area (Å²) in [4.78, 5) is 0. The molecule has 2 N–H and O–H groups in total. The number of rotatable bonds is 2. The zero-order chi connectivity index (χ0) is 15.7. The van der Waals surface area contributed by atoms with Gasteiger partial charge in [0.25, 0.3) is 0 Å². The number of hydrogen-bond donors (Lipinski definition) is 2. The van der Waals surface area contributed by atoms with Gasteiger partial charge in [0.1, 0.15) is 17.3 Å². The predicted molar refractivity (Wildman–Crippen MR) is 84.1 cm³/mol. The summed E-state index contributed by atoms with van der Waals surface area (Å²) in [5.74, 6) is 2.57. The van der Waals surface area contributed by atoms with Crippen molar-refractivity contribution in [1.29, 1.82) is 0 Å². The lowest BCUT2D eigenvalue weighted by Crippen LogP contribution is -1.99. The van der Waals surface area contributed by atoms with Gasteiger partial charge in [-0.25, -0.2) is 4.39 Å². The molecule has 22 heavy (non-hydrogen) atoms. The number of aromatic hydroxyl groups is 1. The normalized spacial score (nSPS) is 10.4. The fourth-order valence-corrected chi connectivity index (χ4v) is 2.33. The first kappa shape index (κ1) is 13.8. The Morgan fingerprint density at radius 1 is 1.14 bits per heavy atom. The van der Waals surface area contributed by atoms with E-state index in [-0.39, 0.29) is 11.6 Å². The maximum atomic E-state index is 13.5. The van der Waals surface area contributed by atoms with E-state index >= 15 is 0 Å². The molecule has 0 saturated heterocycles. The zero-order valence-electron chi connectivity index (χ0n) is 11.8. The summed E-state index contributed by atoms with van der Waals surface area (Å²) >= 11 is 0. The number of aromatic nitrogens is 2. The molecular weight excluding hydrogens is 281 g/mol. The van der Waals surface area contributed by atoms with E-state index in [0.717, 1.165) is 0 Å². The number of terminal acetylenes is 1. The maximum Gasteiger partial charge on any atom is 0.156 e. The Morgan fingerprint density at radius 2 is 1.95 bits per heavy atom. The fourth-order valence-electron chi connectivity index (χ4n) is 2.33. The Balaban J connectivity index is 2.31. The average Bonchev–Trinajstić information content (AvgIpc) is 2.53. The number of benzene rings is 2. The van der Waals surface area contributed by atoms with Gasteiger partial charge in [-0.2, -0.15) is 0 Å². The third kappa shape index (κ3) is 2.21. The molecule has 0 aliphatic heterocycles. The number of fused-ring (bicyclic) bond motifs is 1. The summed E-state index contributed by atoms with van der Waals surface area (Å²) in [5.41, 5.74) is 1.53. The predicted octanol–water partition coefficient (Wildman–Crippen LogP) is 3.16. The van der Waals surface area contributed by atoms with Gasteiger partial charge in [0, 0.05) is 28.9 Å². The Hall–Kier alpha value is -3.13. The largest absolute Gasteiger partial charge is 0.507 e. The quantitative estimate of drug-likeness (QED) is 0.713. The number of phenolic OH excluding ortho intramolecular Hbond substituents is 1. The van der Waals surface area contributed by atoms with Crippen molar-refractivity contribution in [2.24, 2.45) is 0 Å². The summed E-state index contributed by atoms with van der Waals surface area (Å²) in [6, 6.07) is 9.21. The smallest absolute Gasteiger partial charge is 0.156 e. The first-order valence-corrected chi connectivity index (χ1v) is 6.57. The Morgan fingerprint density at radius 3 is 2.64 bits per heavy atom. The maximum absolute atomic E-state index is 13.5. The van der Waals surface area contributed by atoms with Gasteiger partial charge in [-0.1, -0.05) is 5.92 Å². The van der Waals surface area contributed by atoms with Crippen LogP contribution < -0.4 is 5.32 Å². The van der Waals surface area contributed by atoms with Gasteiger partial charge in [0.2, 0.25) is 0 Å². The van der Waals surface area contributed by atoms with Crippen LogP contribution in [0.1, 0.15) is 5.56 Å². The molecule has 4 nitrogen and oxygen atoms in total. The summed E-state index contributed by atoms with van der Waals surface area (Å²) in [6.07, 6.45) is 5.31. The van der Waals surface area contributed by atoms with Crippen molar-refractivity contribution in [3.05, 3.63) is 47.8 Å². The van der Waals surface area contributed by atoms with E-state index in [1.165, 1.54) is 18.2 Å². The molecule has 108 valence electrons. The molecule has 0 aliphatic carbocycles. The first-order valence-electron chi connectivity index (χ1n) is 6.57. The number of nitrogens with zero attached hydrogens (tertiary/aromatic N) is 2. The third-order valence-electron chi connectivity index (χ3n) is 3.40. The van der Waals surface area contributed by atoms with Crippen molar-refractivity contribution in [3.8, 4) is 29.4 Å². The zero-order valence-corrected chi connectivity index (χ0v) is 11.8. The molecule has 0 spiro atoms. The molecule has 3 aromatic rings. The third-order valence-corrected chi connectivity index (χ3v) is 3.40. The molecule has 1 aromatic heterocycles. The highest BCUT2D eigenvalue weighted by atomic mass is 19.1. The van der Waals surface area contributed by atoms with Gasteiger partial charge in [0.05, 0.1) is 0 Å². The number of nitrogens with one attached hydrogen (secondary N) is 1. The van der Waals surface area contributed by atoms with E-state index in [0.29, 0.717) is 33.4 Å². The SMILES string of the molecule is C#Cc1ccc(-c2nnc(NC)c3cc(F)ccc23)c(O)c1. The minimum Gasteiger partial charge on any atom is -0.507 e. The van der Waals surface area contributed by atoms with Crippen LogP contribution in [0.5, 0.6) is 5.75 Å². The van der Waals surface area contributed by atoms with Crippen molar-refractivity contribution >= 4 is 16.6 Å². The second-order valence-corrected chi connectivity index (χ2v) is 4.71. The number of hydrogen-bond acceptors (Lipinski definition) is 4. The van der Waals surface area contributed by atoms with E-state index in [1.807, 2.05) is 0 Å². The van der Waals surface area contributed by atoms with E-state index in [2.05, 4.69) is 21.4 Å². The van der Waals surface area contributed by atoms with Gasteiger partial charge >= 0.3 is 0 Å². The van der Waals surface area contributed by atoms with Crippen molar-refractivity contribution in [1.82, 2.24) is 10.2 Å². The highest BCUT2D eigenvalue weighted by Crippen LogP contribution is 2.35. The molecule has 0 amide bonds. The highest BCUT2D eigenvalue weighted by Gasteiger charge is 2.14. The van der Waals surface area contributed by atoms with Crippen molar-refractivity contribution < 1.29 is 9.50 Å². The Bertz CT molecular complexity index is 916. The van der Waals surface area contributed by atoms with Gasteiger partial charge in [0.15, 0.2) is 5.82 Å². The topological polar surface area (TPSA) is 58.0 Å². The van der Waals surface area contributed by atoms with Gasteiger partial charge in [-0.15, -0.1) is 16.6 Å². The monoisotopic (exact) mass is 293 g/mol. The van der Waals surface area contributed by atoms with Crippen LogP contribution in [0.2, 0.25) is 0 Å². The average molecular weight is 293 g/mol.